The van der Waals surface area contributed by atoms with Gasteiger partial charge in [0.25, 0.3) is 11.7 Å². The monoisotopic (exact) mass is 882 g/mol. The zero-order valence-electron chi connectivity index (χ0n) is 39.5. The highest BCUT2D eigenvalue weighted by atomic mass is 16.6. The summed E-state index contributed by atoms with van der Waals surface area (Å²) < 4.78 is 17.8. The van der Waals surface area contributed by atoms with Gasteiger partial charge in [0.1, 0.15) is 23.7 Å². The first-order valence-corrected chi connectivity index (χ1v) is 23.4. The van der Waals surface area contributed by atoms with Gasteiger partial charge in [0.15, 0.2) is 0 Å². The summed E-state index contributed by atoms with van der Waals surface area (Å²) in [5.41, 5.74) is 1.17. The van der Waals surface area contributed by atoms with E-state index < -0.39 is 65.7 Å². The Kier molecular flexibility index (Phi) is 22.0. The number of aliphatic hydroxyl groups excluding tert-OH is 2. The molecule has 3 rings (SSSR count). The van der Waals surface area contributed by atoms with Crippen LogP contribution in [0, 0.1) is 35.5 Å². The summed E-state index contributed by atoms with van der Waals surface area (Å²) in [4.78, 5) is 70.4. The van der Waals surface area contributed by atoms with E-state index in [0.717, 1.165) is 25.7 Å². The molecule has 0 bridgehead atoms. The van der Waals surface area contributed by atoms with E-state index in [0.29, 0.717) is 55.6 Å². The topological polar surface area (TPSA) is 177 Å². The molecule has 3 aliphatic rings. The second kappa shape index (κ2) is 25.8. The molecule has 1 amide bonds. The van der Waals surface area contributed by atoms with E-state index in [2.05, 4.69) is 13.2 Å². The van der Waals surface area contributed by atoms with Crippen molar-refractivity contribution in [2.24, 2.45) is 35.5 Å². The second-order valence-corrected chi connectivity index (χ2v) is 19.0. The second-order valence-electron chi connectivity index (χ2n) is 19.0. The predicted molar refractivity (Wildman–Crippen MR) is 244 cm³/mol. The third kappa shape index (κ3) is 15.8. The number of ketones is 3. The molecular formula is C51H79NO11. The molecule has 11 atom stereocenters. The SMILES string of the molecule is C=C/C=C/C=C(\C)[C@@H](O)C[C@@H]1CC[C@@H](C)[C@](O)(C(=O)C(=O)N2CCCC[C@H]2C(=O)O[C@@H](CC(=O)[C@H](C)/C=C(\C)[C@@H](O)CC(=O)[C@H](C)C[C@@H](C)C=C)[C@H](C)C[C@H]2CC[C@H](OC)CC2)O1. The van der Waals surface area contributed by atoms with E-state index >= 15 is 0 Å². The molecule has 2 heterocycles. The van der Waals surface area contributed by atoms with Crippen LogP contribution in [0.1, 0.15) is 138 Å². The van der Waals surface area contributed by atoms with Gasteiger partial charge in [-0.1, -0.05) is 77.7 Å². The summed E-state index contributed by atoms with van der Waals surface area (Å²) in [7, 11) is 1.72. The van der Waals surface area contributed by atoms with Gasteiger partial charge in [-0.05, 0) is 113 Å². The van der Waals surface area contributed by atoms with Crippen LogP contribution >= 0.6 is 0 Å². The number of piperidine rings is 1. The fourth-order valence-corrected chi connectivity index (χ4v) is 9.23. The Morgan fingerprint density at radius 3 is 2.17 bits per heavy atom. The quantitative estimate of drug-likeness (QED) is 0.0374. The number of likely N-dealkylation sites (tertiary alicyclic amines) is 1. The average Bonchev–Trinajstić information content (AvgIpc) is 3.26. The number of esters is 1. The molecule has 0 aromatic carbocycles. The van der Waals surface area contributed by atoms with Crippen molar-refractivity contribution in [3.05, 3.63) is 60.8 Å². The molecule has 63 heavy (non-hydrogen) atoms. The van der Waals surface area contributed by atoms with Crippen molar-refractivity contribution in [1.82, 2.24) is 4.90 Å². The number of allylic oxidation sites excluding steroid dienone is 6. The Hall–Kier alpha value is -3.55. The number of hydrogen-bond acceptors (Lipinski definition) is 11. The molecule has 0 aromatic heterocycles. The number of carbonyl (C=O) groups excluding carboxylic acids is 5. The Labute approximate surface area is 377 Å². The van der Waals surface area contributed by atoms with Crippen LogP contribution in [0.3, 0.4) is 0 Å². The molecule has 2 saturated heterocycles. The summed E-state index contributed by atoms with van der Waals surface area (Å²) in [5.74, 6) is -6.98. The molecule has 0 unspecified atom stereocenters. The van der Waals surface area contributed by atoms with Crippen LogP contribution in [0.25, 0.3) is 0 Å². The normalized spacial score (nSPS) is 28.2. The molecule has 2 aliphatic heterocycles. The van der Waals surface area contributed by atoms with Gasteiger partial charge in [-0.25, -0.2) is 4.79 Å². The first-order valence-electron chi connectivity index (χ1n) is 23.4. The largest absolute Gasteiger partial charge is 0.460 e. The van der Waals surface area contributed by atoms with Crippen LogP contribution in [0.2, 0.25) is 0 Å². The maximum atomic E-state index is 14.3. The number of nitrogens with zero attached hydrogens (tertiary/aromatic N) is 1. The van der Waals surface area contributed by atoms with Gasteiger partial charge in [0.05, 0.1) is 24.4 Å². The minimum Gasteiger partial charge on any atom is -0.460 e. The summed E-state index contributed by atoms with van der Waals surface area (Å²) in [6.07, 6.45) is 14.2. The highest BCUT2D eigenvalue weighted by Crippen LogP contribution is 2.37. The number of methoxy groups -OCH3 is 1. The minimum atomic E-state index is -2.46. The standard InChI is InChI=1S/C51H79NO11/c1-11-13-14-17-33(4)43(53)29-41-22-19-38(9)51(60,63-41)48(57)49(58)52-25-16-15-18-42(52)50(59)62-47(37(8)28-39-20-23-40(61-10)24-21-39)31-46(56)36(7)27-35(6)45(55)30-44(54)34(5)26-32(3)12-2/h11-14,17,27,32,34,36-43,45,47,53,55,60H,1-2,15-16,18-26,28-31H2,3-10H3/b14-13+,33-17+,35-27+/t32-,34+,36+,37+,38+,39-,40-,41-,42-,43-,45-,47-,51+/m0/s1. The van der Waals surface area contributed by atoms with Crippen molar-refractivity contribution in [3.8, 4) is 0 Å². The lowest BCUT2D eigenvalue weighted by Crippen LogP contribution is -2.61. The van der Waals surface area contributed by atoms with E-state index in [1.165, 1.54) is 4.90 Å². The van der Waals surface area contributed by atoms with Gasteiger partial charge >= 0.3 is 5.97 Å². The molecule has 0 aromatic rings. The lowest BCUT2D eigenvalue weighted by Gasteiger charge is -2.42. The van der Waals surface area contributed by atoms with E-state index in [1.54, 1.807) is 71.3 Å². The van der Waals surface area contributed by atoms with Crippen molar-refractivity contribution in [1.29, 1.82) is 0 Å². The van der Waals surface area contributed by atoms with Crippen molar-refractivity contribution in [3.63, 3.8) is 0 Å². The fourth-order valence-electron chi connectivity index (χ4n) is 9.23. The molecule has 1 aliphatic carbocycles. The molecule has 1 saturated carbocycles. The first kappa shape index (κ1) is 53.8. The zero-order valence-corrected chi connectivity index (χ0v) is 39.5. The Balaban J connectivity index is 1.79. The molecular weight excluding hydrogens is 803 g/mol. The molecule has 3 fully saturated rings. The molecule has 0 spiro atoms. The highest BCUT2D eigenvalue weighted by molar-refractivity contribution is 6.39. The van der Waals surface area contributed by atoms with Crippen LogP contribution < -0.4 is 0 Å². The smallest absolute Gasteiger partial charge is 0.329 e. The number of hydrogen-bond donors (Lipinski definition) is 3. The highest BCUT2D eigenvalue weighted by Gasteiger charge is 2.53. The van der Waals surface area contributed by atoms with Crippen LogP contribution in [-0.2, 0) is 38.2 Å². The number of ether oxygens (including phenoxy) is 3. The van der Waals surface area contributed by atoms with Crippen molar-refractivity contribution < 1.29 is 53.5 Å². The van der Waals surface area contributed by atoms with E-state index in [9.17, 15) is 39.3 Å². The van der Waals surface area contributed by atoms with Gasteiger partial charge in [-0.3, -0.25) is 19.2 Å². The Bertz CT molecular complexity index is 1660. The van der Waals surface area contributed by atoms with Crippen molar-refractivity contribution >= 4 is 29.2 Å². The van der Waals surface area contributed by atoms with Gasteiger partial charge < -0.3 is 34.4 Å². The van der Waals surface area contributed by atoms with E-state index in [1.807, 2.05) is 20.8 Å². The number of Topliss-reactive ketones (excluding diaryl/α,β-unsaturated/α-hetero) is 3. The van der Waals surface area contributed by atoms with Gasteiger partial charge in [0.2, 0.25) is 5.79 Å². The summed E-state index contributed by atoms with van der Waals surface area (Å²) in [6, 6.07) is -1.11. The van der Waals surface area contributed by atoms with Gasteiger partial charge in [-0.2, -0.15) is 0 Å². The van der Waals surface area contributed by atoms with Crippen molar-refractivity contribution in [2.75, 3.05) is 13.7 Å². The fraction of sp³-hybridized carbons (Fsp3) is 0.706. The minimum absolute atomic E-state index is 0.0614. The lowest BCUT2D eigenvalue weighted by atomic mass is 9.79. The number of amides is 1. The first-order chi connectivity index (χ1) is 29.7. The molecule has 0 radical (unpaired) electrons. The summed E-state index contributed by atoms with van der Waals surface area (Å²) >= 11 is 0. The average molecular weight is 882 g/mol. The molecule has 3 N–H and O–H groups in total. The molecule has 12 heteroatoms. The Morgan fingerprint density at radius 2 is 1.54 bits per heavy atom. The maximum Gasteiger partial charge on any atom is 0.329 e. The van der Waals surface area contributed by atoms with Crippen LogP contribution in [0.15, 0.2) is 60.8 Å². The summed E-state index contributed by atoms with van der Waals surface area (Å²) in [6.45, 7) is 20.2. The number of aliphatic hydroxyl groups is 3. The van der Waals surface area contributed by atoms with Gasteiger partial charge in [-0.15, -0.1) is 6.58 Å². The maximum absolute atomic E-state index is 14.3. The van der Waals surface area contributed by atoms with Crippen LogP contribution in [-0.4, -0.2) is 105 Å². The van der Waals surface area contributed by atoms with E-state index in [-0.39, 0.29) is 67.7 Å². The van der Waals surface area contributed by atoms with Crippen molar-refractivity contribution in [2.45, 2.75) is 181 Å². The third-order valence-corrected chi connectivity index (χ3v) is 13.9. The number of rotatable bonds is 24. The predicted octanol–water partition coefficient (Wildman–Crippen LogP) is 7.73. The van der Waals surface area contributed by atoms with Crippen LogP contribution in [0.5, 0.6) is 0 Å². The molecule has 12 nitrogen and oxygen atoms in total. The van der Waals surface area contributed by atoms with Crippen LogP contribution in [0.4, 0.5) is 0 Å². The Morgan fingerprint density at radius 1 is 0.857 bits per heavy atom. The zero-order chi connectivity index (χ0) is 47.0. The van der Waals surface area contributed by atoms with Gasteiger partial charge in [0, 0.05) is 50.7 Å². The van der Waals surface area contributed by atoms with E-state index in [4.69, 9.17) is 14.2 Å². The summed E-state index contributed by atoms with van der Waals surface area (Å²) in [5, 5.41) is 33.5. The number of carbonyl (C=O) groups is 5. The lowest BCUT2D eigenvalue weighted by molar-refractivity contribution is -0.265. The third-order valence-electron chi connectivity index (χ3n) is 13.9. The molecule has 354 valence electrons.